The number of para-hydroxylation sites is 1. The number of ether oxygens (including phenoxy) is 1. The van der Waals surface area contributed by atoms with Crippen LogP contribution in [0.25, 0.3) is 0 Å². The molecule has 0 aromatic heterocycles. The standard InChI is InChI=1S/C16H13FN2O2/c1-21-14-8-4-6-12(10-18)16(14)19-15(20)9-11-5-2-3-7-13(11)17/h2-8H,9H2,1H3,(H,19,20). The van der Waals surface area contributed by atoms with Crippen LogP contribution in [-0.4, -0.2) is 13.0 Å². The van der Waals surface area contributed by atoms with E-state index in [1.165, 1.54) is 13.2 Å². The maximum atomic E-state index is 13.5. The van der Waals surface area contributed by atoms with Gasteiger partial charge in [-0.2, -0.15) is 5.26 Å². The minimum Gasteiger partial charge on any atom is -0.495 e. The Balaban J connectivity index is 2.21. The van der Waals surface area contributed by atoms with Crippen LogP contribution in [0, 0.1) is 17.1 Å². The Kier molecular flexibility index (Phi) is 4.52. The summed E-state index contributed by atoms with van der Waals surface area (Å²) in [5, 5.41) is 11.7. The van der Waals surface area contributed by atoms with Crippen LogP contribution >= 0.6 is 0 Å². The highest BCUT2D eigenvalue weighted by atomic mass is 19.1. The third-order valence-electron chi connectivity index (χ3n) is 2.94. The predicted molar refractivity (Wildman–Crippen MR) is 76.4 cm³/mol. The van der Waals surface area contributed by atoms with Crippen molar-refractivity contribution in [1.82, 2.24) is 0 Å². The summed E-state index contributed by atoms with van der Waals surface area (Å²) in [6.07, 6.45) is -0.115. The Bertz CT molecular complexity index is 708. The summed E-state index contributed by atoms with van der Waals surface area (Å²) in [6.45, 7) is 0. The van der Waals surface area contributed by atoms with Crippen molar-refractivity contribution in [2.75, 3.05) is 12.4 Å². The molecule has 0 bridgehead atoms. The largest absolute Gasteiger partial charge is 0.495 e. The second kappa shape index (κ2) is 6.53. The highest BCUT2D eigenvalue weighted by Crippen LogP contribution is 2.28. The molecule has 0 fully saturated rings. The Hall–Kier alpha value is -2.87. The number of hydrogen-bond acceptors (Lipinski definition) is 3. The van der Waals surface area contributed by atoms with Crippen LogP contribution in [0.1, 0.15) is 11.1 Å². The van der Waals surface area contributed by atoms with E-state index in [1.807, 2.05) is 6.07 Å². The summed E-state index contributed by atoms with van der Waals surface area (Å²) in [5.74, 6) is -0.467. The molecule has 1 N–H and O–H groups in total. The Morgan fingerprint density at radius 2 is 2.05 bits per heavy atom. The van der Waals surface area contributed by atoms with Gasteiger partial charge >= 0.3 is 0 Å². The summed E-state index contributed by atoms with van der Waals surface area (Å²) < 4.78 is 18.6. The van der Waals surface area contributed by atoms with E-state index in [0.29, 0.717) is 17.0 Å². The maximum absolute atomic E-state index is 13.5. The van der Waals surface area contributed by atoms with E-state index in [4.69, 9.17) is 10.00 Å². The molecule has 2 rings (SSSR count). The second-order valence-corrected chi connectivity index (χ2v) is 4.31. The molecule has 4 nitrogen and oxygen atoms in total. The number of anilines is 1. The average Bonchev–Trinajstić information content (AvgIpc) is 2.49. The average molecular weight is 284 g/mol. The van der Waals surface area contributed by atoms with E-state index in [9.17, 15) is 9.18 Å². The first-order valence-corrected chi connectivity index (χ1v) is 6.26. The van der Waals surface area contributed by atoms with Gasteiger partial charge < -0.3 is 10.1 Å². The summed E-state index contributed by atoms with van der Waals surface area (Å²) in [5.41, 5.74) is 0.878. The lowest BCUT2D eigenvalue weighted by Gasteiger charge is -2.11. The SMILES string of the molecule is COc1cccc(C#N)c1NC(=O)Cc1ccccc1F. The number of hydrogen-bond donors (Lipinski definition) is 1. The predicted octanol–water partition coefficient (Wildman–Crippen LogP) is 2.89. The topological polar surface area (TPSA) is 62.1 Å². The fourth-order valence-electron chi connectivity index (χ4n) is 1.92. The lowest BCUT2D eigenvalue weighted by Crippen LogP contribution is -2.16. The van der Waals surface area contributed by atoms with Gasteiger partial charge in [-0.3, -0.25) is 4.79 Å². The van der Waals surface area contributed by atoms with E-state index in [0.717, 1.165) is 0 Å². The van der Waals surface area contributed by atoms with Crippen molar-refractivity contribution in [3.05, 3.63) is 59.4 Å². The molecule has 1 amide bonds. The van der Waals surface area contributed by atoms with Crippen molar-refractivity contribution in [3.63, 3.8) is 0 Å². The first-order valence-electron chi connectivity index (χ1n) is 6.26. The van der Waals surface area contributed by atoms with Crippen molar-refractivity contribution in [2.24, 2.45) is 0 Å². The van der Waals surface area contributed by atoms with Crippen molar-refractivity contribution in [1.29, 1.82) is 5.26 Å². The number of nitriles is 1. The molecule has 0 heterocycles. The van der Waals surface area contributed by atoms with Gasteiger partial charge in [-0.05, 0) is 23.8 Å². The van der Waals surface area contributed by atoms with Crippen LogP contribution < -0.4 is 10.1 Å². The van der Waals surface area contributed by atoms with Gasteiger partial charge in [0.2, 0.25) is 5.91 Å². The molecule has 0 atom stereocenters. The second-order valence-electron chi connectivity index (χ2n) is 4.31. The smallest absolute Gasteiger partial charge is 0.229 e. The minimum absolute atomic E-state index is 0.115. The van der Waals surface area contributed by atoms with Crippen LogP contribution in [0.5, 0.6) is 5.75 Å². The molecular formula is C16H13FN2O2. The van der Waals surface area contributed by atoms with Gasteiger partial charge in [0.05, 0.1) is 19.1 Å². The van der Waals surface area contributed by atoms with Crippen LogP contribution in [0.4, 0.5) is 10.1 Å². The van der Waals surface area contributed by atoms with Gasteiger partial charge in [-0.25, -0.2) is 4.39 Å². The third kappa shape index (κ3) is 3.37. The molecule has 0 saturated carbocycles. The molecule has 0 saturated heterocycles. The Morgan fingerprint density at radius 3 is 2.71 bits per heavy atom. The molecule has 0 aliphatic heterocycles. The van der Waals surface area contributed by atoms with Gasteiger partial charge in [0, 0.05) is 0 Å². The summed E-state index contributed by atoms with van der Waals surface area (Å²) in [6, 6.07) is 12.9. The molecular weight excluding hydrogens is 271 g/mol. The lowest BCUT2D eigenvalue weighted by atomic mass is 10.1. The van der Waals surface area contributed by atoms with E-state index in [1.54, 1.807) is 36.4 Å². The highest BCUT2D eigenvalue weighted by Gasteiger charge is 2.13. The lowest BCUT2D eigenvalue weighted by molar-refractivity contribution is -0.115. The molecule has 0 aliphatic carbocycles. The minimum atomic E-state index is -0.437. The van der Waals surface area contributed by atoms with Crippen molar-refractivity contribution < 1.29 is 13.9 Å². The van der Waals surface area contributed by atoms with E-state index in [-0.39, 0.29) is 12.0 Å². The van der Waals surface area contributed by atoms with Crippen LogP contribution in [0.3, 0.4) is 0 Å². The number of benzene rings is 2. The zero-order chi connectivity index (χ0) is 15.2. The van der Waals surface area contributed by atoms with Gasteiger partial charge in [0.1, 0.15) is 23.3 Å². The molecule has 0 unspecified atom stereocenters. The molecule has 2 aromatic rings. The van der Waals surface area contributed by atoms with E-state index >= 15 is 0 Å². The molecule has 0 radical (unpaired) electrons. The number of carbonyl (C=O) groups excluding carboxylic acids is 1. The van der Waals surface area contributed by atoms with Crippen molar-refractivity contribution in [3.8, 4) is 11.8 Å². The van der Waals surface area contributed by atoms with Crippen LogP contribution in [0.15, 0.2) is 42.5 Å². The summed E-state index contributed by atoms with van der Waals surface area (Å²) >= 11 is 0. The van der Waals surface area contributed by atoms with Crippen molar-refractivity contribution >= 4 is 11.6 Å². The molecule has 5 heteroatoms. The van der Waals surface area contributed by atoms with Gasteiger partial charge in [0.25, 0.3) is 0 Å². The zero-order valence-electron chi connectivity index (χ0n) is 11.4. The van der Waals surface area contributed by atoms with Crippen LogP contribution in [0.2, 0.25) is 0 Å². The quantitative estimate of drug-likeness (QED) is 0.939. The number of amides is 1. The monoisotopic (exact) mass is 284 g/mol. The normalized spacial score (nSPS) is 9.76. The first-order chi connectivity index (χ1) is 10.2. The van der Waals surface area contributed by atoms with Gasteiger partial charge in [-0.15, -0.1) is 0 Å². The summed E-state index contributed by atoms with van der Waals surface area (Å²) in [4.78, 5) is 12.0. The fraction of sp³-hybridized carbons (Fsp3) is 0.125. The highest BCUT2D eigenvalue weighted by molar-refractivity contribution is 5.95. The maximum Gasteiger partial charge on any atom is 0.229 e. The number of rotatable bonds is 4. The van der Waals surface area contributed by atoms with Gasteiger partial charge in [0.15, 0.2) is 0 Å². The van der Waals surface area contributed by atoms with Crippen molar-refractivity contribution in [2.45, 2.75) is 6.42 Å². The Morgan fingerprint density at radius 1 is 1.29 bits per heavy atom. The van der Waals surface area contributed by atoms with E-state index < -0.39 is 11.7 Å². The zero-order valence-corrected chi connectivity index (χ0v) is 11.4. The van der Waals surface area contributed by atoms with Crippen LogP contribution in [-0.2, 0) is 11.2 Å². The first kappa shape index (κ1) is 14.5. The number of nitrogens with one attached hydrogen (secondary N) is 1. The number of halogens is 1. The van der Waals surface area contributed by atoms with E-state index in [2.05, 4.69) is 5.32 Å². The summed E-state index contributed by atoms with van der Waals surface area (Å²) in [7, 11) is 1.45. The molecule has 21 heavy (non-hydrogen) atoms. The number of methoxy groups -OCH3 is 1. The number of carbonyl (C=O) groups is 1. The Labute approximate surface area is 121 Å². The molecule has 2 aromatic carbocycles. The molecule has 0 aliphatic rings. The third-order valence-corrected chi connectivity index (χ3v) is 2.94. The molecule has 0 spiro atoms. The number of nitrogens with zero attached hydrogens (tertiary/aromatic N) is 1. The fourth-order valence-corrected chi connectivity index (χ4v) is 1.92. The molecule has 106 valence electrons. The van der Waals surface area contributed by atoms with Gasteiger partial charge in [-0.1, -0.05) is 24.3 Å².